The summed E-state index contributed by atoms with van der Waals surface area (Å²) in [6.45, 7) is 2.04. The van der Waals surface area contributed by atoms with E-state index in [2.05, 4.69) is 15.8 Å². The Hall–Kier alpha value is -2.97. The van der Waals surface area contributed by atoms with Crippen LogP contribution in [0.1, 0.15) is 34.8 Å². The van der Waals surface area contributed by atoms with Crippen molar-refractivity contribution in [2.45, 2.75) is 18.9 Å². The fourth-order valence-electron chi connectivity index (χ4n) is 3.94. The van der Waals surface area contributed by atoms with Crippen molar-refractivity contribution in [2.75, 3.05) is 33.4 Å². The fraction of sp³-hybridized carbons (Fsp3) is 0.364. The third-order valence-electron chi connectivity index (χ3n) is 5.38. The Morgan fingerprint density at radius 2 is 1.94 bits per heavy atom. The van der Waals surface area contributed by atoms with E-state index in [-0.39, 0.29) is 24.1 Å². The molecule has 1 saturated heterocycles. The molecule has 2 aromatic rings. The summed E-state index contributed by atoms with van der Waals surface area (Å²) in [6.07, 6.45) is 1.93. The molecule has 0 radical (unpaired) electrons. The monoisotopic (exact) mass is 445 g/mol. The van der Waals surface area contributed by atoms with Crippen LogP contribution in [0.25, 0.3) is 0 Å². The van der Waals surface area contributed by atoms with Gasteiger partial charge in [0.25, 0.3) is 11.8 Å². The molecule has 2 amide bonds. The maximum absolute atomic E-state index is 12.5. The van der Waals surface area contributed by atoms with E-state index in [9.17, 15) is 9.59 Å². The second-order valence-electron chi connectivity index (χ2n) is 7.38. The van der Waals surface area contributed by atoms with Gasteiger partial charge in [-0.1, -0.05) is 17.7 Å². The average Bonchev–Trinajstić information content (AvgIpc) is 3.25. The Bertz CT molecular complexity index is 984. The largest absolute Gasteiger partial charge is 0.496 e. The molecule has 0 saturated carbocycles. The van der Waals surface area contributed by atoms with Crippen molar-refractivity contribution in [1.82, 2.24) is 15.8 Å². The van der Waals surface area contributed by atoms with Gasteiger partial charge in [-0.25, -0.2) is 0 Å². The molecule has 164 valence electrons. The number of likely N-dealkylation sites (tertiary alicyclic amines) is 1. The van der Waals surface area contributed by atoms with Crippen LogP contribution in [0.5, 0.6) is 17.2 Å². The van der Waals surface area contributed by atoms with Crippen LogP contribution in [0.3, 0.4) is 0 Å². The molecule has 2 aliphatic heterocycles. The lowest BCUT2D eigenvalue weighted by Crippen LogP contribution is -2.46. The van der Waals surface area contributed by atoms with Crippen LogP contribution in [0.4, 0.5) is 0 Å². The van der Waals surface area contributed by atoms with E-state index in [1.807, 2.05) is 18.2 Å². The van der Waals surface area contributed by atoms with E-state index in [1.54, 1.807) is 12.1 Å². The summed E-state index contributed by atoms with van der Waals surface area (Å²) in [6, 6.07) is 10.7. The first-order valence-corrected chi connectivity index (χ1v) is 10.5. The van der Waals surface area contributed by atoms with Gasteiger partial charge >= 0.3 is 0 Å². The normalized spacial score (nSPS) is 17.8. The predicted molar refractivity (Wildman–Crippen MR) is 115 cm³/mol. The van der Waals surface area contributed by atoms with Crippen molar-refractivity contribution < 1.29 is 23.8 Å². The van der Waals surface area contributed by atoms with Gasteiger partial charge in [-0.2, -0.15) is 0 Å². The number of amides is 2. The standard InChI is InChI=1S/C22H24ClN3O5/c1-29-18-7-5-15(23)12-16(18)22(28)25-24-21(27)13-26-8-2-3-17(26)14-4-6-19-20(11-14)31-10-9-30-19/h4-7,11-12,17H,2-3,8-10,13H2,1H3,(H,24,27)(H,25,28). The highest BCUT2D eigenvalue weighted by Crippen LogP contribution is 2.37. The number of fused-ring (bicyclic) bond motifs is 1. The summed E-state index contributed by atoms with van der Waals surface area (Å²) in [4.78, 5) is 27.0. The van der Waals surface area contributed by atoms with Crippen LogP contribution in [-0.2, 0) is 4.79 Å². The van der Waals surface area contributed by atoms with Crippen LogP contribution in [0, 0.1) is 0 Å². The van der Waals surface area contributed by atoms with Crippen LogP contribution in [0.15, 0.2) is 36.4 Å². The number of methoxy groups -OCH3 is 1. The average molecular weight is 446 g/mol. The number of carbonyl (C=O) groups is 2. The lowest BCUT2D eigenvalue weighted by atomic mass is 10.0. The molecule has 0 bridgehead atoms. The third-order valence-corrected chi connectivity index (χ3v) is 5.62. The minimum Gasteiger partial charge on any atom is -0.496 e. The molecule has 0 spiro atoms. The lowest BCUT2D eigenvalue weighted by Gasteiger charge is -2.26. The SMILES string of the molecule is COc1ccc(Cl)cc1C(=O)NNC(=O)CN1CCCC1c1ccc2c(c1)OCCO2. The van der Waals surface area contributed by atoms with E-state index >= 15 is 0 Å². The summed E-state index contributed by atoms with van der Waals surface area (Å²) >= 11 is 5.97. The minimum absolute atomic E-state index is 0.102. The van der Waals surface area contributed by atoms with E-state index in [0.29, 0.717) is 24.0 Å². The highest BCUT2D eigenvalue weighted by atomic mass is 35.5. The second-order valence-corrected chi connectivity index (χ2v) is 7.81. The van der Waals surface area contributed by atoms with Gasteiger partial charge in [-0.3, -0.25) is 25.3 Å². The molecule has 2 aliphatic rings. The molecule has 2 heterocycles. The number of benzene rings is 2. The Labute approximate surface area is 185 Å². The Morgan fingerprint density at radius 1 is 1.13 bits per heavy atom. The van der Waals surface area contributed by atoms with E-state index in [4.69, 9.17) is 25.8 Å². The number of halogens is 1. The zero-order valence-corrected chi connectivity index (χ0v) is 17.9. The summed E-state index contributed by atoms with van der Waals surface area (Å²) < 4.78 is 16.5. The van der Waals surface area contributed by atoms with Gasteiger partial charge in [-0.15, -0.1) is 0 Å². The lowest BCUT2D eigenvalue weighted by molar-refractivity contribution is -0.123. The molecule has 0 aliphatic carbocycles. The molecule has 1 unspecified atom stereocenters. The number of carbonyl (C=O) groups excluding carboxylic acids is 2. The predicted octanol–water partition coefficient (Wildman–Crippen LogP) is 2.72. The van der Waals surface area contributed by atoms with Crippen LogP contribution in [-0.4, -0.2) is 50.1 Å². The van der Waals surface area contributed by atoms with Gasteiger partial charge in [0.15, 0.2) is 11.5 Å². The third kappa shape index (κ3) is 4.86. The number of hydrazine groups is 1. The number of ether oxygens (including phenoxy) is 3. The molecule has 8 nitrogen and oxygen atoms in total. The Balaban J connectivity index is 1.36. The molecule has 2 aromatic carbocycles. The summed E-state index contributed by atoms with van der Waals surface area (Å²) in [7, 11) is 1.46. The molecule has 1 fully saturated rings. The van der Waals surface area contributed by atoms with Crippen molar-refractivity contribution in [3.05, 3.63) is 52.5 Å². The number of nitrogens with one attached hydrogen (secondary N) is 2. The summed E-state index contributed by atoms with van der Waals surface area (Å²) in [5, 5.41) is 0.400. The molecule has 9 heteroatoms. The van der Waals surface area contributed by atoms with E-state index in [1.165, 1.54) is 13.2 Å². The van der Waals surface area contributed by atoms with Crippen LogP contribution in [0.2, 0.25) is 5.02 Å². The van der Waals surface area contributed by atoms with Gasteiger partial charge < -0.3 is 14.2 Å². The number of hydrogen-bond acceptors (Lipinski definition) is 6. The molecular formula is C22H24ClN3O5. The van der Waals surface area contributed by atoms with Crippen LogP contribution >= 0.6 is 11.6 Å². The molecule has 4 rings (SSSR count). The second kappa shape index (κ2) is 9.45. The van der Waals surface area contributed by atoms with Crippen molar-refractivity contribution in [3.8, 4) is 17.2 Å². The maximum Gasteiger partial charge on any atom is 0.273 e. The van der Waals surface area contributed by atoms with Gasteiger partial charge in [0.2, 0.25) is 0 Å². The highest BCUT2D eigenvalue weighted by Gasteiger charge is 2.29. The van der Waals surface area contributed by atoms with Gasteiger partial charge in [0.1, 0.15) is 19.0 Å². The molecule has 31 heavy (non-hydrogen) atoms. The van der Waals surface area contributed by atoms with Gasteiger partial charge in [-0.05, 0) is 55.3 Å². The van der Waals surface area contributed by atoms with Gasteiger partial charge in [0, 0.05) is 11.1 Å². The quantitative estimate of drug-likeness (QED) is 0.688. The van der Waals surface area contributed by atoms with Crippen molar-refractivity contribution in [2.24, 2.45) is 0 Å². The molecular weight excluding hydrogens is 422 g/mol. The smallest absolute Gasteiger partial charge is 0.273 e. The van der Waals surface area contributed by atoms with Gasteiger partial charge in [0.05, 0.1) is 19.2 Å². The molecule has 1 atom stereocenters. The van der Waals surface area contributed by atoms with E-state index < -0.39 is 5.91 Å². The van der Waals surface area contributed by atoms with E-state index in [0.717, 1.165) is 36.4 Å². The zero-order valence-electron chi connectivity index (χ0n) is 17.2. The number of rotatable bonds is 5. The van der Waals surface area contributed by atoms with Crippen molar-refractivity contribution in [3.63, 3.8) is 0 Å². The zero-order chi connectivity index (χ0) is 21.8. The first kappa shape index (κ1) is 21.3. The summed E-state index contributed by atoms with van der Waals surface area (Å²) in [5.41, 5.74) is 6.23. The van der Waals surface area contributed by atoms with Crippen molar-refractivity contribution >= 4 is 23.4 Å². The van der Waals surface area contributed by atoms with Crippen molar-refractivity contribution in [1.29, 1.82) is 0 Å². The minimum atomic E-state index is -0.502. The topological polar surface area (TPSA) is 89.1 Å². The first-order valence-electron chi connectivity index (χ1n) is 10.1. The first-order chi connectivity index (χ1) is 15.0. The molecule has 0 aromatic heterocycles. The Morgan fingerprint density at radius 3 is 2.74 bits per heavy atom. The van der Waals surface area contributed by atoms with Crippen LogP contribution < -0.4 is 25.1 Å². The Kier molecular flexibility index (Phi) is 6.48. The highest BCUT2D eigenvalue weighted by molar-refractivity contribution is 6.31. The number of nitrogens with zero attached hydrogens (tertiary/aromatic N) is 1. The fourth-order valence-corrected chi connectivity index (χ4v) is 4.11. The molecule has 2 N–H and O–H groups in total. The summed E-state index contributed by atoms with van der Waals surface area (Å²) in [5.74, 6) is 1.05. The number of hydrogen-bond donors (Lipinski definition) is 2. The maximum atomic E-state index is 12.5.